The van der Waals surface area contributed by atoms with Crippen molar-refractivity contribution in [2.75, 3.05) is 23.3 Å². The fourth-order valence-electron chi connectivity index (χ4n) is 3.12. The number of carbonyl (C=O) groups is 1. The summed E-state index contributed by atoms with van der Waals surface area (Å²) in [5, 5.41) is 3.01. The molecule has 4 heteroatoms. The second kappa shape index (κ2) is 6.63. The van der Waals surface area contributed by atoms with Crippen LogP contribution in [0.5, 0.6) is 0 Å². The molecule has 0 atom stereocenters. The van der Waals surface area contributed by atoms with E-state index in [4.69, 9.17) is 0 Å². The number of hydrogen-bond donors (Lipinski definition) is 1. The highest BCUT2D eigenvalue weighted by atomic mass is 16.1. The van der Waals surface area contributed by atoms with Gasteiger partial charge in [-0.25, -0.2) is 4.98 Å². The van der Waals surface area contributed by atoms with Crippen LogP contribution in [0.1, 0.15) is 49.7 Å². The lowest BCUT2D eigenvalue weighted by molar-refractivity contribution is 0.102. The molecule has 0 bridgehead atoms. The summed E-state index contributed by atoms with van der Waals surface area (Å²) >= 11 is 0. The molecule has 2 aromatic rings. The van der Waals surface area contributed by atoms with Gasteiger partial charge in [0.05, 0.1) is 11.9 Å². The smallest absolute Gasteiger partial charge is 0.274 e. The van der Waals surface area contributed by atoms with Crippen molar-refractivity contribution < 1.29 is 4.79 Å². The number of benzene rings is 1. The number of rotatable bonds is 3. The van der Waals surface area contributed by atoms with Crippen LogP contribution in [0, 0.1) is 0 Å². The van der Waals surface area contributed by atoms with Crippen LogP contribution < -0.4 is 10.2 Å². The normalized spacial score (nSPS) is 14.7. The standard InChI is InChI=1S/C20H25N3O/c1-20(2,3)16-8-4-5-9-17(16)22-19(24)18-11-10-15(14-21-18)23-12-6-7-13-23/h4-5,8-11,14H,6-7,12-13H2,1-3H3,(H,22,24). The molecular formula is C20H25N3O. The third-order valence-electron chi connectivity index (χ3n) is 4.43. The first-order valence-electron chi connectivity index (χ1n) is 8.57. The van der Waals surface area contributed by atoms with Gasteiger partial charge >= 0.3 is 0 Å². The highest BCUT2D eigenvalue weighted by molar-refractivity contribution is 6.03. The van der Waals surface area contributed by atoms with E-state index in [1.54, 1.807) is 6.20 Å². The molecule has 126 valence electrons. The Labute approximate surface area is 143 Å². The lowest BCUT2D eigenvalue weighted by atomic mass is 9.86. The second-order valence-corrected chi connectivity index (χ2v) is 7.35. The molecular weight excluding hydrogens is 298 g/mol. The fourth-order valence-corrected chi connectivity index (χ4v) is 3.12. The van der Waals surface area contributed by atoms with Crippen LogP contribution in [0.25, 0.3) is 0 Å². The zero-order valence-corrected chi connectivity index (χ0v) is 14.7. The van der Waals surface area contributed by atoms with Crippen molar-refractivity contribution in [3.05, 3.63) is 53.9 Å². The first-order valence-corrected chi connectivity index (χ1v) is 8.57. The zero-order valence-electron chi connectivity index (χ0n) is 14.7. The summed E-state index contributed by atoms with van der Waals surface area (Å²) in [5.74, 6) is -0.167. The predicted octanol–water partition coefficient (Wildman–Crippen LogP) is 4.23. The van der Waals surface area contributed by atoms with E-state index in [2.05, 4.69) is 42.0 Å². The van der Waals surface area contributed by atoms with Crippen LogP contribution >= 0.6 is 0 Å². The maximum absolute atomic E-state index is 12.5. The Hall–Kier alpha value is -2.36. The molecule has 1 amide bonds. The molecule has 4 nitrogen and oxygen atoms in total. The first kappa shape index (κ1) is 16.5. The number of carbonyl (C=O) groups excluding carboxylic acids is 1. The Balaban J connectivity index is 1.76. The number of anilines is 2. The molecule has 1 aliphatic heterocycles. The van der Waals surface area contributed by atoms with Crippen LogP contribution in [0.2, 0.25) is 0 Å². The highest BCUT2D eigenvalue weighted by Crippen LogP contribution is 2.29. The van der Waals surface area contributed by atoms with Gasteiger partial charge in [0.25, 0.3) is 5.91 Å². The quantitative estimate of drug-likeness (QED) is 0.919. The monoisotopic (exact) mass is 323 g/mol. The Bertz CT molecular complexity index is 710. The van der Waals surface area contributed by atoms with Gasteiger partial charge in [-0.2, -0.15) is 0 Å². The lowest BCUT2D eigenvalue weighted by Crippen LogP contribution is -2.20. The van der Waals surface area contributed by atoms with Gasteiger partial charge in [0.1, 0.15) is 5.69 Å². The fraction of sp³-hybridized carbons (Fsp3) is 0.400. The third-order valence-corrected chi connectivity index (χ3v) is 4.43. The summed E-state index contributed by atoms with van der Waals surface area (Å²) < 4.78 is 0. The van der Waals surface area contributed by atoms with E-state index in [0.29, 0.717) is 5.69 Å². The molecule has 2 heterocycles. The molecule has 0 unspecified atom stereocenters. The van der Waals surface area contributed by atoms with Crippen molar-refractivity contribution in [3.63, 3.8) is 0 Å². The largest absolute Gasteiger partial charge is 0.370 e. The molecule has 3 rings (SSSR count). The minimum Gasteiger partial charge on any atom is -0.370 e. The van der Waals surface area contributed by atoms with Crippen molar-refractivity contribution in [2.45, 2.75) is 39.0 Å². The third kappa shape index (κ3) is 3.58. The molecule has 1 aliphatic rings. The zero-order chi connectivity index (χ0) is 17.2. The molecule has 0 saturated carbocycles. The van der Waals surface area contributed by atoms with Crippen LogP contribution in [0.3, 0.4) is 0 Å². The average molecular weight is 323 g/mol. The molecule has 0 aliphatic carbocycles. The maximum Gasteiger partial charge on any atom is 0.274 e. The Kier molecular flexibility index (Phi) is 4.56. The van der Waals surface area contributed by atoms with Gasteiger partial charge in [-0.15, -0.1) is 0 Å². The van der Waals surface area contributed by atoms with Gasteiger partial charge in [0, 0.05) is 18.8 Å². The highest BCUT2D eigenvalue weighted by Gasteiger charge is 2.19. The number of hydrogen-bond acceptors (Lipinski definition) is 3. The van der Waals surface area contributed by atoms with Gasteiger partial charge in [-0.1, -0.05) is 39.0 Å². The summed E-state index contributed by atoms with van der Waals surface area (Å²) in [5.41, 5.74) is 3.48. The second-order valence-electron chi connectivity index (χ2n) is 7.35. The predicted molar refractivity (Wildman–Crippen MR) is 98.8 cm³/mol. The Morgan fingerprint density at radius 2 is 1.79 bits per heavy atom. The number of nitrogens with zero attached hydrogens (tertiary/aromatic N) is 2. The summed E-state index contributed by atoms with van der Waals surface area (Å²) in [6.45, 7) is 8.57. The molecule has 0 spiro atoms. The SMILES string of the molecule is CC(C)(C)c1ccccc1NC(=O)c1ccc(N2CCCC2)cn1. The molecule has 24 heavy (non-hydrogen) atoms. The number of aromatic nitrogens is 1. The van der Waals surface area contributed by atoms with E-state index in [9.17, 15) is 4.79 Å². The summed E-state index contributed by atoms with van der Waals surface area (Å²) in [4.78, 5) is 19.2. The van der Waals surface area contributed by atoms with Crippen molar-refractivity contribution in [3.8, 4) is 0 Å². The number of nitrogens with one attached hydrogen (secondary N) is 1. The Morgan fingerprint density at radius 1 is 1.08 bits per heavy atom. The summed E-state index contributed by atoms with van der Waals surface area (Å²) in [7, 11) is 0. The summed E-state index contributed by atoms with van der Waals surface area (Å²) in [6.07, 6.45) is 4.26. The topological polar surface area (TPSA) is 45.2 Å². The van der Waals surface area contributed by atoms with Gasteiger partial charge in [-0.05, 0) is 42.0 Å². The number of para-hydroxylation sites is 1. The number of pyridine rings is 1. The maximum atomic E-state index is 12.5. The molecule has 1 N–H and O–H groups in total. The van der Waals surface area contributed by atoms with Crippen molar-refractivity contribution in [1.29, 1.82) is 0 Å². The molecule has 1 aromatic carbocycles. The number of amides is 1. The van der Waals surface area contributed by atoms with Crippen LogP contribution in [0.15, 0.2) is 42.6 Å². The van der Waals surface area contributed by atoms with Crippen LogP contribution in [0.4, 0.5) is 11.4 Å². The first-order chi connectivity index (χ1) is 11.4. The average Bonchev–Trinajstić information content (AvgIpc) is 3.09. The molecule has 0 radical (unpaired) electrons. The van der Waals surface area contributed by atoms with Gasteiger partial charge < -0.3 is 10.2 Å². The van der Waals surface area contributed by atoms with Gasteiger partial charge in [-0.3, -0.25) is 4.79 Å². The van der Waals surface area contributed by atoms with Crippen LogP contribution in [-0.2, 0) is 5.41 Å². The van der Waals surface area contributed by atoms with Gasteiger partial charge in [0.2, 0.25) is 0 Å². The van der Waals surface area contributed by atoms with Crippen LogP contribution in [-0.4, -0.2) is 24.0 Å². The van der Waals surface area contributed by atoms with Crippen molar-refractivity contribution >= 4 is 17.3 Å². The lowest BCUT2D eigenvalue weighted by Gasteiger charge is -2.23. The van der Waals surface area contributed by atoms with E-state index in [1.165, 1.54) is 12.8 Å². The molecule has 1 aromatic heterocycles. The Morgan fingerprint density at radius 3 is 2.42 bits per heavy atom. The molecule has 1 saturated heterocycles. The van der Waals surface area contributed by atoms with E-state index < -0.39 is 0 Å². The van der Waals surface area contributed by atoms with E-state index >= 15 is 0 Å². The molecule has 1 fully saturated rings. The van der Waals surface area contributed by atoms with Gasteiger partial charge in [0.15, 0.2) is 0 Å². The summed E-state index contributed by atoms with van der Waals surface area (Å²) in [6, 6.07) is 11.7. The van der Waals surface area contributed by atoms with E-state index in [-0.39, 0.29) is 11.3 Å². The van der Waals surface area contributed by atoms with E-state index in [1.807, 2.05) is 30.3 Å². The minimum absolute atomic E-state index is 0.0308. The minimum atomic E-state index is -0.167. The van der Waals surface area contributed by atoms with Crippen molar-refractivity contribution in [2.24, 2.45) is 0 Å². The van der Waals surface area contributed by atoms with Crippen molar-refractivity contribution in [1.82, 2.24) is 4.98 Å². The van der Waals surface area contributed by atoms with E-state index in [0.717, 1.165) is 30.0 Å².